The number of nitrogens with zero attached hydrogens (tertiary/aromatic N) is 2. The number of nitro groups is 1. The van der Waals surface area contributed by atoms with E-state index in [1.165, 1.54) is 30.5 Å². The Hall–Kier alpha value is -4.67. The van der Waals surface area contributed by atoms with Gasteiger partial charge >= 0.3 is 11.9 Å². The molecule has 0 aliphatic rings. The van der Waals surface area contributed by atoms with Crippen LogP contribution in [0.15, 0.2) is 58.6 Å². The maximum atomic E-state index is 12.4. The second-order valence-corrected chi connectivity index (χ2v) is 6.90. The zero-order chi connectivity index (χ0) is 24.7. The van der Waals surface area contributed by atoms with Crippen molar-refractivity contribution in [3.05, 3.63) is 76.1 Å². The van der Waals surface area contributed by atoms with E-state index in [1.54, 1.807) is 25.1 Å². The Morgan fingerprint density at radius 1 is 1.26 bits per heavy atom. The number of ether oxygens (including phenoxy) is 2. The van der Waals surface area contributed by atoms with Crippen molar-refractivity contribution in [2.24, 2.45) is 5.10 Å². The van der Waals surface area contributed by atoms with E-state index in [0.717, 1.165) is 0 Å². The third-order valence-electron chi connectivity index (χ3n) is 4.47. The molecule has 176 valence electrons. The number of non-ortho nitro benzene ring substituents is 1. The van der Waals surface area contributed by atoms with Crippen molar-refractivity contribution < 1.29 is 33.5 Å². The van der Waals surface area contributed by atoms with Gasteiger partial charge in [0.2, 0.25) is 0 Å². The highest BCUT2D eigenvalue weighted by Crippen LogP contribution is 2.33. The van der Waals surface area contributed by atoms with E-state index in [4.69, 9.17) is 19.0 Å². The predicted octanol–water partition coefficient (Wildman–Crippen LogP) is 3.70. The van der Waals surface area contributed by atoms with Gasteiger partial charge in [0.05, 0.1) is 17.7 Å². The average Bonchev–Trinajstić information content (AvgIpc) is 3.22. The fraction of sp³-hybridized carbons (Fsp3) is 0.174. The van der Waals surface area contributed by atoms with Gasteiger partial charge in [-0.25, -0.2) is 10.2 Å². The molecule has 2 aromatic carbocycles. The third-order valence-corrected chi connectivity index (χ3v) is 4.47. The lowest BCUT2D eigenvalue weighted by molar-refractivity contribution is -0.384. The molecule has 0 unspecified atom stereocenters. The summed E-state index contributed by atoms with van der Waals surface area (Å²) >= 11 is 0. The quantitative estimate of drug-likeness (QED) is 0.187. The molecule has 0 aliphatic carbocycles. The van der Waals surface area contributed by atoms with Gasteiger partial charge in [-0.3, -0.25) is 14.9 Å². The monoisotopic (exact) mass is 467 g/mol. The number of hydrogen-bond donors (Lipinski definition) is 2. The summed E-state index contributed by atoms with van der Waals surface area (Å²) in [7, 11) is 0. The number of carbonyl (C=O) groups excluding carboxylic acids is 1. The second-order valence-electron chi connectivity index (χ2n) is 6.90. The van der Waals surface area contributed by atoms with E-state index in [-0.39, 0.29) is 11.4 Å². The van der Waals surface area contributed by atoms with Crippen LogP contribution in [0.2, 0.25) is 0 Å². The zero-order valence-electron chi connectivity index (χ0n) is 18.1. The normalized spacial score (nSPS) is 10.9. The van der Waals surface area contributed by atoms with Gasteiger partial charge in [0, 0.05) is 23.1 Å². The lowest BCUT2D eigenvalue weighted by Crippen LogP contribution is -2.16. The molecular weight excluding hydrogens is 446 g/mol. The number of furan rings is 1. The summed E-state index contributed by atoms with van der Waals surface area (Å²) in [6.07, 6.45) is 3.39. The summed E-state index contributed by atoms with van der Waals surface area (Å²) in [5.74, 6) is -1.21. The number of hydrogen-bond acceptors (Lipinski definition) is 8. The predicted molar refractivity (Wildman–Crippen MR) is 123 cm³/mol. The number of fused-ring (bicyclic) bond motifs is 1. The molecule has 3 rings (SSSR count). The third kappa shape index (κ3) is 5.76. The molecule has 11 heteroatoms. The van der Waals surface area contributed by atoms with E-state index in [0.29, 0.717) is 46.6 Å². The van der Waals surface area contributed by atoms with Crippen molar-refractivity contribution in [1.29, 1.82) is 0 Å². The lowest BCUT2D eigenvalue weighted by Gasteiger charge is -2.15. The van der Waals surface area contributed by atoms with Crippen molar-refractivity contribution >= 4 is 34.7 Å². The molecule has 0 bridgehead atoms. The van der Waals surface area contributed by atoms with E-state index >= 15 is 0 Å². The highest BCUT2D eigenvalue weighted by molar-refractivity contribution is 5.97. The average molecular weight is 467 g/mol. The van der Waals surface area contributed by atoms with E-state index in [9.17, 15) is 19.7 Å². The van der Waals surface area contributed by atoms with Crippen molar-refractivity contribution in [2.45, 2.75) is 13.3 Å². The number of carboxylic acid groups (broad SMARTS) is 1. The fourth-order valence-electron chi connectivity index (χ4n) is 3.10. The maximum Gasteiger partial charge on any atom is 0.341 e. The molecule has 0 saturated heterocycles. The Bertz CT molecular complexity index is 1280. The number of nitrogens with one attached hydrogen (secondary N) is 1. The first-order valence-corrected chi connectivity index (χ1v) is 10.1. The van der Waals surface area contributed by atoms with Crippen molar-refractivity contribution in [2.75, 3.05) is 13.2 Å². The van der Waals surface area contributed by atoms with Crippen molar-refractivity contribution in [3.63, 3.8) is 0 Å². The Kier molecular flexibility index (Phi) is 7.60. The Morgan fingerprint density at radius 2 is 2.06 bits per heavy atom. The number of carboxylic acids is 1. The van der Waals surface area contributed by atoms with Gasteiger partial charge in [-0.2, -0.15) is 5.10 Å². The van der Waals surface area contributed by atoms with E-state index < -0.39 is 23.4 Å². The molecule has 3 aromatic rings. The zero-order valence-corrected chi connectivity index (χ0v) is 18.1. The summed E-state index contributed by atoms with van der Waals surface area (Å²) in [5, 5.41) is 24.2. The minimum atomic E-state index is -1.12. The van der Waals surface area contributed by atoms with Gasteiger partial charge in [-0.1, -0.05) is 6.08 Å². The first-order chi connectivity index (χ1) is 16.3. The number of carbonyl (C=O) groups is 2. The summed E-state index contributed by atoms with van der Waals surface area (Å²) in [6.45, 7) is 5.26. The van der Waals surface area contributed by atoms with Gasteiger partial charge in [0.15, 0.2) is 23.9 Å². The van der Waals surface area contributed by atoms with E-state index in [2.05, 4.69) is 17.1 Å². The lowest BCUT2D eigenvalue weighted by atomic mass is 10.1. The Balaban J connectivity index is 1.80. The summed E-state index contributed by atoms with van der Waals surface area (Å²) in [6, 6.07) is 8.70. The standard InChI is InChI=1S/C23H21N3O8/c1-3-5-15-8-14(9-19(32-4-2)22(15)33-13-21(27)28)12-24-25-23(29)20-11-16-10-17(26(30)31)6-7-18(16)34-20/h3,6-12H,1,4-5,13H2,2H3,(H,25,29)(H,27,28)/b24-12+. The molecule has 0 atom stereocenters. The van der Waals surface area contributed by atoms with Crippen LogP contribution < -0.4 is 14.9 Å². The number of benzene rings is 2. The van der Waals surface area contributed by atoms with Crippen LogP contribution in [0, 0.1) is 10.1 Å². The number of allylic oxidation sites excluding steroid dienone is 1. The first-order valence-electron chi connectivity index (χ1n) is 10.1. The van der Waals surface area contributed by atoms with Gasteiger partial charge in [-0.15, -0.1) is 6.58 Å². The smallest absolute Gasteiger partial charge is 0.341 e. The van der Waals surface area contributed by atoms with Gasteiger partial charge < -0.3 is 19.0 Å². The molecule has 1 aromatic heterocycles. The van der Waals surface area contributed by atoms with Crippen LogP contribution in [-0.2, 0) is 11.2 Å². The summed E-state index contributed by atoms with van der Waals surface area (Å²) < 4.78 is 16.4. The molecule has 34 heavy (non-hydrogen) atoms. The molecule has 0 saturated carbocycles. The van der Waals surface area contributed by atoms with Crippen LogP contribution in [0.1, 0.15) is 28.6 Å². The maximum absolute atomic E-state index is 12.4. The highest BCUT2D eigenvalue weighted by atomic mass is 16.6. The second kappa shape index (κ2) is 10.8. The first kappa shape index (κ1) is 24.0. The number of aliphatic carboxylic acids is 1. The van der Waals surface area contributed by atoms with Crippen molar-refractivity contribution in [3.8, 4) is 11.5 Å². The van der Waals surface area contributed by atoms with Crippen LogP contribution in [0.5, 0.6) is 11.5 Å². The van der Waals surface area contributed by atoms with Crippen LogP contribution >= 0.6 is 0 Å². The van der Waals surface area contributed by atoms with Crippen LogP contribution in [-0.4, -0.2) is 41.3 Å². The molecule has 1 heterocycles. The minimum absolute atomic E-state index is 0.0626. The van der Waals surface area contributed by atoms with Crippen LogP contribution in [0.25, 0.3) is 11.0 Å². The molecule has 0 radical (unpaired) electrons. The molecule has 0 spiro atoms. The Labute approximate surface area is 193 Å². The van der Waals surface area contributed by atoms with Crippen LogP contribution in [0.3, 0.4) is 0 Å². The van der Waals surface area contributed by atoms with Gasteiger partial charge in [-0.05, 0) is 43.2 Å². The molecular formula is C23H21N3O8. The number of rotatable bonds is 11. The number of amides is 1. The van der Waals surface area contributed by atoms with Gasteiger partial charge in [0.1, 0.15) is 5.58 Å². The van der Waals surface area contributed by atoms with Crippen molar-refractivity contribution in [1.82, 2.24) is 5.43 Å². The minimum Gasteiger partial charge on any atom is -0.490 e. The summed E-state index contributed by atoms with van der Waals surface area (Å²) in [4.78, 5) is 33.7. The fourth-order valence-corrected chi connectivity index (χ4v) is 3.10. The molecule has 2 N–H and O–H groups in total. The summed E-state index contributed by atoms with van der Waals surface area (Å²) in [5.41, 5.74) is 3.74. The largest absolute Gasteiger partial charge is 0.490 e. The Morgan fingerprint density at radius 3 is 2.74 bits per heavy atom. The number of hydrazone groups is 1. The molecule has 11 nitrogen and oxygen atoms in total. The van der Waals surface area contributed by atoms with E-state index in [1.807, 2.05) is 0 Å². The topological polar surface area (TPSA) is 154 Å². The SMILES string of the molecule is C=CCc1cc(/C=N/NC(=O)c2cc3cc([N+](=O)[O-])ccc3o2)cc(OCC)c1OCC(=O)O. The number of nitro benzene ring substituents is 1. The molecule has 0 fully saturated rings. The highest BCUT2D eigenvalue weighted by Gasteiger charge is 2.16. The molecule has 0 aliphatic heterocycles. The molecule has 1 amide bonds. The van der Waals surface area contributed by atoms with Gasteiger partial charge in [0.25, 0.3) is 5.69 Å². The van der Waals surface area contributed by atoms with Crippen LogP contribution in [0.4, 0.5) is 5.69 Å².